The SMILES string of the molecule is CN(CCCn1cn[nH]c(=O)c1=O)C(=O)OC(C)(C)C. The highest BCUT2D eigenvalue weighted by Gasteiger charge is 2.19. The molecule has 0 saturated carbocycles. The highest BCUT2D eigenvalue weighted by molar-refractivity contribution is 5.67. The van der Waals surface area contributed by atoms with Crippen molar-refractivity contribution in [1.82, 2.24) is 19.7 Å². The van der Waals surface area contributed by atoms with E-state index >= 15 is 0 Å². The average Bonchev–Trinajstić information content (AvgIpc) is 2.32. The van der Waals surface area contributed by atoms with E-state index in [0.717, 1.165) is 0 Å². The summed E-state index contributed by atoms with van der Waals surface area (Å²) in [5.74, 6) is 0. The maximum Gasteiger partial charge on any atom is 0.410 e. The highest BCUT2D eigenvalue weighted by atomic mass is 16.6. The number of aromatic amines is 1. The molecule has 1 heterocycles. The molecule has 0 unspecified atom stereocenters. The lowest BCUT2D eigenvalue weighted by Gasteiger charge is -2.24. The number of rotatable bonds is 4. The Morgan fingerprint density at radius 1 is 1.45 bits per heavy atom. The van der Waals surface area contributed by atoms with E-state index in [2.05, 4.69) is 10.2 Å². The Morgan fingerprint density at radius 3 is 2.70 bits per heavy atom. The molecule has 0 bridgehead atoms. The first kappa shape index (κ1) is 15.9. The molecule has 1 amide bonds. The summed E-state index contributed by atoms with van der Waals surface area (Å²) in [4.78, 5) is 35.6. The lowest BCUT2D eigenvalue weighted by molar-refractivity contribution is 0.0295. The number of hydrogen-bond donors (Lipinski definition) is 1. The molecule has 0 spiro atoms. The first-order chi connectivity index (χ1) is 9.20. The van der Waals surface area contributed by atoms with Gasteiger partial charge in [-0.1, -0.05) is 0 Å². The second-order valence-electron chi connectivity index (χ2n) is 5.44. The summed E-state index contributed by atoms with van der Waals surface area (Å²) in [6.07, 6.45) is 1.35. The fraction of sp³-hybridized carbons (Fsp3) is 0.667. The van der Waals surface area contributed by atoms with Crippen LogP contribution in [-0.4, -0.2) is 45.0 Å². The number of H-pyrrole nitrogens is 1. The average molecular weight is 284 g/mol. The second kappa shape index (κ2) is 6.36. The maximum atomic E-state index is 11.7. The van der Waals surface area contributed by atoms with Crippen molar-refractivity contribution < 1.29 is 9.53 Å². The summed E-state index contributed by atoms with van der Waals surface area (Å²) >= 11 is 0. The maximum absolute atomic E-state index is 11.7. The minimum atomic E-state index is -0.756. The van der Waals surface area contributed by atoms with Gasteiger partial charge in [0.15, 0.2) is 0 Å². The lowest BCUT2D eigenvalue weighted by Crippen LogP contribution is -2.38. The predicted molar refractivity (Wildman–Crippen MR) is 72.6 cm³/mol. The van der Waals surface area contributed by atoms with Gasteiger partial charge in [0.05, 0.1) is 0 Å². The van der Waals surface area contributed by atoms with E-state index in [-0.39, 0.29) is 0 Å². The Morgan fingerprint density at radius 2 is 2.10 bits per heavy atom. The van der Waals surface area contributed by atoms with Gasteiger partial charge in [0.2, 0.25) is 0 Å². The Bertz CT molecular complexity index is 570. The van der Waals surface area contributed by atoms with Crippen LogP contribution >= 0.6 is 0 Å². The molecule has 1 aromatic rings. The van der Waals surface area contributed by atoms with Crippen LogP contribution in [0.15, 0.2) is 15.9 Å². The zero-order valence-corrected chi connectivity index (χ0v) is 12.2. The number of carbonyl (C=O) groups is 1. The van der Waals surface area contributed by atoms with Crippen LogP contribution in [0, 0.1) is 0 Å². The fourth-order valence-corrected chi connectivity index (χ4v) is 1.46. The van der Waals surface area contributed by atoms with Gasteiger partial charge >= 0.3 is 17.2 Å². The Balaban J connectivity index is 2.48. The molecule has 20 heavy (non-hydrogen) atoms. The molecule has 0 fully saturated rings. The van der Waals surface area contributed by atoms with Gasteiger partial charge in [-0.3, -0.25) is 14.2 Å². The van der Waals surface area contributed by atoms with Gasteiger partial charge in [-0.2, -0.15) is 5.10 Å². The van der Waals surface area contributed by atoms with Crippen LogP contribution in [0.5, 0.6) is 0 Å². The molecule has 0 aliphatic rings. The molecule has 0 radical (unpaired) electrons. The Labute approximate surface area is 116 Å². The summed E-state index contributed by atoms with van der Waals surface area (Å²) < 4.78 is 6.41. The standard InChI is InChI=1S/C12H20N4O4/c1-12(2,3)20-11(19)15(4)6-5-7-16-8-13-14-9(17)10(16)18/h8H,5-7H2,1-4H3,(H,14,17). The van der Waals surface area contributed by atoms with Gasteiger partial charge in [0.25, 0.3) is 0 Å². The molecule has 8 heteroatoms. The van der Waals surface area contributed by atoms with Crippen molar-refractivity contribution in [3.8, 4) is 0 Å². The van der Waals surface area contributed by atoms with Crippen molar-refractivity contribution in [3.05, 3.63) is 27.0 Å². The van der Waals surface area contributed by atoms with Gasteiger partial charge in [-0.25, -0.2) is 9.89 Å². The van der Waals surface area contributed by atoms with E-state index in [0.29, 0.717) is 19.5 Å². The smallest absolute Gasteiger partial charge is 0.410 e. The van der Waals surface area contributed by atoms with Crippen LogP contribution in [0.25, 0.3) is 0 Å². The Hall–Kier alpha value is -2.12. The van der Waals surface area contributed by atoms with Crippen molar-refractivity contribution in [2.24, 2.45) is 0 Å². The van der Waals surface area contributed by atoms with E-state index < -0.39 is 22.8 Å². The molecule has 0 atom stereocenters. The molecule has 112 valence electrons. The number of nitrogens with one attached hydrogen (secondary N) is 1. The van der Waals surface area contributed by atoms with Crippen LogP contribution in [0.4, 0.5) is 4.79 Å². The van der Waals surface area contributed by atoms with Gasteiger partial charge in [0.1, 0.15) is 11.9 Å². The van der Waals surface area contributed by atoms with Crippen molar-refractivity contribution in [3.63, 3.8) is 0 Å². The first-order valence-electron chi connectivity index (χ1n) is 6.29. The topological polar surface area (TPSA) is 97.3 Å². The zero-order chi connectivity index (χ0) is 15.3. The predicted octanol–water partition coefficient (Wildman–Crippen LogP) is 0.189. The number of amides is 1. The molecule has 1 N–H and O–H groups in total. The van der Waals surface area contributed by atoms with Crippen molar-refractivity contribution in [1.29, 1.82) is 0 Å². The van der Waals surface area contributed by atoms with Crippen LogP contribution in [0.1, 0.15) is 27.2 Å². The summed E-state index contributed by atoms with van der Waals surface area (Å²) in [5, 5.41) is 5.61. The zero-order valence-electron chi connectivity index (χ0n) is 12.2. The molecule has 8 nitrogen and oxygen atoms in total. The van der Waals surface area contributed by atoms with E-state index in [9.17, 15) is 14.4 Å². The molecular weight excluding hydrogens is 264 g/mol. The van der Waals surface area contributed by atoms with Gasteiger partial charge in [0, 0.05) is 20.1 Å². The Kier molecular flexibility index (Phi) is 5.06. The molecule has 1 rings (SSSR count). The quantitative estimate of drug-likeness (QED) is 0.796. The van der Waals surface area contributed by atoms with Crippen LogP contribution in [-0.2, 0) is 11.3 Å². The molecule has 0 aliphatic heterocycles. The summed E-state index contributed by atoms with van der Waals surface area (Å²) in [7, 11) is 1.62. The monoisotopic (exact) mass is 284 g/mol. The second-order valence-corrected chi connectivity index (χ2v) is 5.44. The molecule has 0 aliphatic carbocycles. The van der Waals surface area contributed by atoms with Crippen LogP contribution in [0.2, 0.25) is 0 Å². The molecular formula is C12H20N4O4. The fourth-order valence-electron chi connectivity index (χ4n) is 1.46. The number of ether oxygens (including phenoxy) is 1. The largest absolute Gasteiger partial charge is 0.444 e. The molecule has 1 aromatic heterocycles. The number of aromatic nitrogens is 3. The summed E-state index contributed by atoms with van der Waals surface area (Å²) in [6.45, 7) is 6.09. The third-order valence-corrected chi connectivity index (χ3v) is 2.42. The van der Waals surface area contributed by atoms with E-state index in [1.807, 2.05) is 0 Å². The number of aryl methyl sites for hydroxylation is 1. The summed E-state index contributed by atoms with van der Waals surface area (Å²) in [6, 6.07) is 0. The van der Waals surface area contributed by atoms with Gasteiger partial charge in [-0.15, -0.1) is 0 Å². The number of hydrogen-bond acceptors (Lipinski definition) is 5. The molecule has 0 aromatic carbocycles. The van der Waals surface area contributed by atoms with Crippen molar-refractivity contribution >= 4 is 6.09 Å². The van der Waals surface area contributed by atoms with Crippen LogP contribution < -0.4 is 11.1 Å². The van der Waals surface area contributed by atoms with Crippen molar-refractivity contribution in [2.45, 2.75) is 39.3 Å². The highest BCUT2D eigenvalue weighted by Crippen LogP contribution is 2.09. The van der Waals surface area contributed by atoms with E-state index in [1.54, 1.807) is 27.8 Å². The van der Waals surface area contributed by atoms with Crippen LogP contribution in [0.3, 0.4) is 0 Å². The normalized spacial score (nSPS) is 11.2. The first-order valence-corrected chi connectivity index (χ1v) is 6.29. The van der Waals surface area contributed by atoms with Gasteiger partial charge in [-0.05, 0) is 27.2 Å². The third-order valence-electron chi connectivity index (χ3n) is 2.42. The third kappa shape index (κ3) is 4.87. The van der Waals surface area contributed by atoms with Crippen molar-refractivity contribution in [2.75, 3.05) is 13.6 Å². The number of nitrogens with zero attached hydrogens (tertiary/aromatic N) is 3. The van der Waals surface area contributed by atoms with E-state index in [1.165, 1.54) is 15.8 Å². The minimum Gasteiger partial charge on any atom is -0.444 e. The summed E-state index contributed by atoms with van der Waals surface area (Å²) in [5.41, 5.74) is -1.95. The lowest BCUT2D eigenvalue weighted by atomic mass is 10.2. The molecule has 0 saturated heterocycles. The minimum absolute atomic E-state index is 0.308. The van der Waals surface area contributed by atoms with Gasteiger partial charge < -0.3 is 9.64 Å². The van der Waals surface area contributed by atoms with E-state index in [4.69, 9.17) is 4.74 Å². The number of carbonyl (C=O) groups excluding carboxylic acids is 1.